The minimum Gasteiger partial charge on any atom is -0.497 e. The van der Waals surface area contributed by atoms with Gasteiger partial charge in [-0.1, -0.05) is 42.8 Å². The number of allylic oxidation sites excluding steroid dienone is 2. The quantitative estimate of drug-likeness (QED) is 0.437. The molecule has 0 aliphatic carbocycles. The van der Waals surface area contributed by atoms with E-state index < -0.39 is 11.3 Å². The molecule has 2 aromatic rings. The molecule has 2 atom stereocenters. The molecule has 5 nitrogen and oxygen atoms in total. The normalized spacial score (nSPS) is 12.9. The van der Waals surface area contributed by atoms with Gasteiger partial charge in [0.05, 0.1) is 14.2 Å². The lowest BCUT2D eigenvalue weighted by Gasteiger charge is -2.13. The van der Waals surface area contributed by atoms with Gasteiger partial charge >= 0.3 is 0 Å². The SMILES string of the molecule is COc1ccc(CC(=CCC(C)CNS(=O)O)Cc2ccc(OC)cc2)cc1. The Hall–Kier alpha value is -2.15. The molecule has 0 aromatic heterocycles. The van der Waals surface area contributed by atoms with E-state index in [1.165, 1.54) is 16.7 Å². The zero-order valence-corrected chi connectivity index (χ0v) is 17.5. The average molecular weight is 404 g/mol. The number of rotatable bonds is 11. The topological polar surface area (TPSA) is 67.8 Å². The van der Waals surface area contributed by atoms with Crippen molar-refractivity contribution in [1.29, 1.82) is 0 Å². The summed E-state index contributed by atoms with van der Waals surface area (Å²) in [6.45, 7) is 2.56. The van der Waals surface area contributed by atoms with Crippen LogP contribution in [0.4, 0.5) is 0 Å². The molecule has 0 aliphatic rings. The maximum atomic E-state index is 10.8. The minimum atomic E-state index is -1.96. The summed E-state index contributed by atoms with van der Waals surface area (Å²) in [5.41, 5.74) is 3.76. The molecule has 0 heterocycles. The van der Waals surface area contributed by atoms with E-state index in [-0.39, 0.29) is 5.92 Å². The van der Waals surface area contributed by atoms with Crippen molar-refractivity contribution < 1.29 is 18.2 Å². The Morgan fingerprint density at radius 1 is 1.00 bits per heavy atom. The van der Waals surface area contributed by atoms with Crippen molar-refractivity contribution in [2.75, 3.05) is 20.8 Å². The molecule has 0 radical (unpaired) electrons. The van der Waals surface area contributed by atoms with Gasteiger partial charge in [-0.05, 0) is 60.6 Å². The van der Waals surface area contributed by atoms with Gasteiger partial charge in [0.1, 0.15) is 11.5 Å². The van der Waals surface area contributed by atoms with E-state index in [0.29, 0.717) is 6.54 Å². The molecule has 0 spiro atoms. The first-order valence-corrected chi connectivity index (χ1v) is 10.4. The van der Waals surface area contributed by atoms with Crippen LogP contribution in [0.2, 0.25) is 0 Å². The van der Waals surface area contributed by atoms with E-state index in [9.17, 15) is 4.21 Å². The second-order valence-electron chi connectivity index (χ2n) is 6.85. The Morgan fingerprint density at radius 2 is 1.46 bits per heavy atom. The van der Waals surface area contributed by atoms with Crippen LogP contribution >= 0.6 is 0 Å². The van der Waals surface area contributed by atoms with Gasteiger partial charge in [-0.3, -0.25) is 4.55 Å². The van der Waals surface area contributed by atoms with E-state index >= 15 is 0 Å². The van der Waals surface area contributed by atoms with Gasteiger partial charge < -0.3 is 9.47 Å². The van der Waals surface area contributed by atoms with Gasteiger partial charge in [-0.2, -0.15) is 0 Å². The summed E-state index contributed by atoms with van der Waals surface area (Å²) in [4.78, 5) is 0. The van der Waals surface area contributed by atoms with Crippen molar-refractivity contribution in [1.82, 2.24) is 4.72 Å². The molecule has 2 N–H and O–H groups in total. The van der Waals surface area contributed by atoms with Gasteiger partial charge in [-0.15, -0.1) is 0 Å². The molecule has 0 saturated carbocycles. The highest BCUT2D eigenvalue weighted by Crippen LogP contribution is 2.20. The fraction of sp³-hybridized carbons (Fsp3) is 0.364. The number of hydrogen-bond acceptors (Lipinski definition) is 3. The maximum Gasteiger partial charge on any atom is 0.231 e. The Kier molecular flexibility index (Phi) is 9.20. The van der Waals surface area contributed by atoms with E-state index in [0.717, 1.165) is 30.8 Å². The van der Waals surface area contributed by atoms with Crippen LogP contribution in [0.5, 0.6) is 11.5 Å². The average Bonchev–Trinajstić information content (AvgIpc) is 2.71. The zero-order chi connectivity index (χ0) is 20.4. The molecule has 0 aliphatic heterocycles. The van der Waals surface area contributed by atoms with E-state index in [4.69, 9.17) is 14.0 Å². The molecule has 0 fully saturated rings. The standard InChI is InChI=1S/C22H29NO4S/c1-17(16-23-28(24)25)4-5-20(14-18-6-10-21(26-2)11-7-18)15-19-8-12-22(27-3)13-9-19/h5-13,17,23H,4,14-16H2,1-3H3,(H,24,25). The first-order valence-electron chi connectivity index (χ1n) is 9.28. The lowest BCUT2D eigenvalue weighted by molar-refractivity contribution is 0.414. The van der Waals surface area contributed by atoms with Crippen molar-refractivity contribution >= 4 is 11.3 Å². The van der Waals surface area contributed by atoms with Gasteiger partial charge in [0.15, 0.2) is 0 Å². The summed E-state index contributed by atoms with van der Waals surface area (Å²) in [5, 5.41) is 0. The molecule has 6 heteroatoms. The van der Waals surface area contributed by atoms with Crippen LogP contribution in [-0.4, -0.2) is 29.5 Å². The summed E-state index contributed by atoms with van der Waals surface area (Å²) in [6.07, 6.45) is 4.79. The number of benzene rings is 2. The smallest absolute Gasteiger partial charge is 0.231 e. The van der Waals surface area contributed by atoms with Crippen molar-refractivity contribution in [3.63, 3.8) is 0 Å². The molecule has 0 bridgehead atoms. The number of ether oxygens (including phenoxy) is 2. The molecular formula is C22H29NO4S. The van der Waals surface area contributed by atoms with Crippen molar-refractivity contribution in [3.8, 4) is 11.5 Å². The summed E-state index contributed by atoms with van der Waals surface area (Å²) < 4.78 is 32.7. The van der Waals surface area contributed by atoms with Crippen molar-refractivity contribution in [3.05, 3.63) is 71.3 Å². The number of methoxy groups -OCH3 is 2. The first kappa shape index (κ1) is 22.1. The summed E-state index contributed by atoms with van der Waals surface area (Å²) >= 11 is -1.96. The molecule has 2 unspecified atom stereocenters. The molecular weight excluding hydrogens is 374 g/mol. The van der Waals surface area contributed by atoms with Gasteiger partial charge in [-0.25, -0.2) is 8.93 Å². The third-order valence-corrected chi connectivity index (χ3v) is 4.96. The van der Waals surface area contributed by atoms with Crippen molar-refractivity contribution in [2.24, 2.45) is 5.92 Å². The highest BCUT2D eigenvalue weighted by molar-refractivity contribution is 7.77. The largest absolute Gasteiger partial charge is 0.497 e. The predicted molar refractivity (Wildman–Crippen MR) is 114 cm³/mol. The highest BCUT2D eigenvalue weighted by Gasteiger charge is 2.07. The van der Waals surface area contributed by atoms with Crippen LogP contribution in [0, 0.1) is 5.92 Å². The van der Waals surface area contributed by atoms with Crippen LogP contribution in [-0.2, 0) is 24.1 Å². The van der Waals surface area contributed by atoms with Gasteiger partial charge in [0, 0.05) is 6.54 Å². The fourth-order valence-corrected chi connectivity index (χ4v) is 3.31. The molecule has 28 heavy (non-hydrogen) atoms. The lowest BCUT2D eigenvalue weighted by atomic mass is 9.95. The predicted octanol–water partition coefficient (Wildman–Crippen LogP) is 4.17. The molecule has 0 amide bonds. The Bertz CT molecular complexity index is 721. The van der Waals surface area contributed by atoms with E-state index in [1.54, 1.807) is 14.2 Å². The highest BCUT2D eigenvalue weighted by atomic mass is 32.2. The molecule has 152 valence electrons. The zero-order valence-electron chi connectivity index (χ0n) is 16.7. The monoisotopic (exact) mass is 403 g/mol. The first-order chi connectivity index (χ1) is 13.5. The minimum absolute atomic E-state index is 0.262. The van der Waals surface area contributed by atoms with Crippen LogP contribution in [0.15, 0.2) is 60.2 Å². The van der Waals surface area contributed by atoms with Crippen LogP contribution < -0.4 is 14.2 Å². The third kappa shape index (κ3) is 7.84. The number of nitrogens with one attached hydrogen (secondary N) is 1. The second-order valence-corrected chi connectivity index (χ2v) is 7.64. The molecule has 2 aromatic carbocycles. The van der Waals surface area contributed by atoms with Gasteiger partial charge in [0.25, 0.3) is 0 Å². The summed E-state index contributed by atoms with van der Waals surface area (Å²) in [5.74, 6) is 1.96. The second kappa shape index (κ2) is 11.6. The van der Waals surface area contributed by atoms with Crippen molar-refractivity contribution in [2.45, 2.75) is 26.2 Å². The summed E-state index contributed by atoms with van der Waals surface area (Å²) in [7, 11) is 3.33. The summed E-state index contributed by atoms with van der Waals surface area (Å²) in [6, 6.07) is 16.2. The Balaban J connectivity index is 2.10. The Labute approximate surface area is 170 Å². The lowest BCUT2D eigenvalue weighted by Crippen LogP contribution is -2.22. The fourth-order valence-electron chi connectivity index (χ4n) is 2.88. The van der Waals surface area contributed by atoms with E-state index in [1.807, 2.05) is 24.3 Å². The van der Waals surface area contributed by atoms with Crippen LogP contribution in [0.1, 0.15) is 24.5 Å². The van der Waals surface area contributed by atoms with Crippen LogP contribution in [0.3, 0.4) is 0 Å². The van der Waals surface area contributed by atoms with Gasteiger partial charge in [0.2, 0.25) is 11.3 Å². The maximum absolute atomic E-state index is 10.8. The molecule has 0 saturated heterocycles. The van der Waals surface area contributed by atoms with Crippen LogP contribution in [0.25, 0.3) is 0 Å². The third-order valence-electron chi connectivity index (χ3n) is 4.54. The molecule has 2 rings (SSSR count). The number of hydrogen-bond donors (Lipinski definition) is 2. The Morgan fingerprint density at radius 3 is 1.86 bits per heavy atom. The van der Waals surface area contributed by atoms with E-state index in [2.05, 4.69) is 42.0 Å².